The van der Waals surface area contributed by atoms with Crippen molar-refractivity contribution < 1.29 is 14.4 Å². The van der Waals surface area contributed by atoms with Crippen molar-refractivity contribution in [3.8, 4) is 11.3 Å². The first-order valence-electron chi connectivity index (χ1n) is 14.5. The van der Waals surface area contributed by atoms with Crippen LogP contribution in [0.15, 0.2) is 120 Å². The number of amides is 3. The molecule has 0 fully saturated rings. The van der Waals surface area contributed by atoms with Crippen molar-refractivity contribution in [3.63, 3.8) is 0 Å². The second-order valence-corrected chi connectivity index (χ2v) is 13.1. The van der Waals surface area contributed by atoms with E-state index in [1.807, 2.05) is 56.3 Å². The molecule has 0 aliphatic carbocycles. The molecule has 0 saturated heterocycles. The smallest absolute Gasteiger partial charge is 0.272 e. The number of hydrogen-bond acceptors (Lipinski definition) is 6. The Morgan fingerprint density at radius 3 is 2.30 bits per heavy atom. The lowest BCUT2D eigenvalue weighted by Crippen LogP contribution is -2.30. The maximum Gasteiger partial charge on any atom is 0.272 e. The fourth-order valence-electron chi connectivity index (χ4n) is 4.52. The number of thiazole rings is 1. The maximum atomic E-state index is 13.5. The number of anilines is 2. The van der Waals surface area contributed by atoms with E-state index >= 15 is 0 Å². The zero-order valence-electron chi connectivity index (χ0n) is 25.1. The van der Waals surface area contributed by atoms with E-state index in [0.29, 0.717) is 33.4 Å². The molecule has 46 heavy (non-hydrogen) atoms. The zero-order chi connectivity index (χ0) is 32.5. The molecule has 3 amide bonds. The minimum atomic E-state index is -0.524. The molecule has 0 aliphatic heterocycles. The third-order valence-corrected chi connectivity index (χ3v) is 9.43. The molecule has 0 radical (unpaired) electrons. The highest BCUT2D eigenvalue weighted by atomic mass is 35.5. The summed E-state index contributed by atoms with van der Waals surface area (Å²) in [5.41, 5.74) is 3.38. The number of rotatable bonds is 11. The molecule has 0 aliphatic rings. The van der Waals surface area contributed by atoms with Gasteiger partial charge in [0.05, 0.1) is 10.9 Å². The normalized spacial score (nSPS) is 11.8. The summed E-state index contributed by atoms with van der Waals surface area (Å²) in [5.74, 6) is -1.10. The Kier molecular flexibility index (Phi) is 11.0. The first-order valence-corrected chi connectivity index (χ1v) is 16.6. The first-order chi connectivity index (χ1) is 22.3. The number of nitrogens with one attached hydrogen (secondary N) is 3. The van der Waals surface area contributed by atoms with E-state index in [0.717, 1.165) is 21.0 Å². The van der Waals surface area contributed by atoms with Crippen LogP contribution in [0.3, 0.4) is 0 Å². The summed E-state index contributed by atoms with van der Waals surface area (Å²) in [7, 11) is 0. The number of halogens is 1. The highest BCUT2D eigenvalue weighted by Crippen LogP contribution is 2.32. The van der Waals surface area contributed by atoms with Crippen molar-refractivity contribution in [2.45, 2.75) is 30.4 Å². The summed E-state index contributed by atoms with van der Waals surface area (Å²) in [4.78, 5) is 46.3. The average molecular weight is 667 g/mol. The van der Waals surface area contributed by atoms with E-state index in [4.69, 9.17) is 11.6 Å². The summed E-state index contributed by atoms with van der Waals surface area (Å²) in [5, 5.41) is 9.19. The van der Waals surface area contributed by atoms with E-state index in [-0.39, 0.29) is 11.6 Å². The van der Waals surface area contributed by atoms with Gasteiger partial charge in [-0.15, -0.1) is 23.1 Å². The molecule has 4 aromatic carbocycles. The minimum absolute atomic E-state index is 0.0273. The van der Waals surface area contributed by atoms with Crippen molar-refractivity contribution in [3.05, 3.63) is 136 Å². The van der Waals surface area contributed by atoms with Gasteiger partial charge in [-0.3, -0.25) is 14.4 Å². The van der Waals surface area contributed by atoms with Crippen LogP contribution in [0.25, 0.3) is 17.3 Å². The molecule has 5 aromatic rings. The molecular formula is C36H31ClN4O3S2. The van der Waals surface area contributed by atoms with E-state index < -0.39 is 17.1 Å². The lowest BCUT2D eigenvalue weighted by atomic mass is 10.1. The number of benzene rings is 4. The van der Waals surface area contributed by atoms with Gasteiger partial charge in [0.15, 0.2) is 5.13 Å². The number of thioether (sulfide) groups is 1. The Bertz CT molecular complexity index is 1880. The van der Waals surface area contributed by atoms with Gasteiger partial charge < -0.3 is 16.0 Å². The van der Waals surface area contributed by atoms with Gasteiger partial charge >= 0.3 is 0 Å². The Balaban J connectivity index is 1.29. The predicted molar refractivity (Wildman–Crippen MR) is 189 cm³/mol. The molecule has 3 N–H and O–H groups in total. The summed E-state index contributed by atoms with van der Waals surface area (Å²) >= 11 is 9.20. The van der Waals surface area contributed by atoms with Crippen LogP contribution in [0.2, 0.25) is 5.02 Å². The van der Waals surface area contributed by atoms with Crippen molar-refractivity contribution in [1.82, 2.24) is 10.3 Å². The zero-order valence-corrected chi connectivity index (χ0v) is 27.5. The number of aromatic nitrogens is 1. The van der Waals surface area contributed by atoms with Gasteiger partial charge in [0.1, 0.15) is 5.70 Å². The van der Waals surface area contributed by atoms with Crippen molar-refractivity contribution in [2.24, 2.45) is 0 Å². The topological polar surface area (TPSA) is 100 Å². The molecule has 7 nitrogen and oxygen atoms in total. The van der Waals surface area contributed by atoms with Gasteiger partial charge in [-0.25, -0.2) is 4.98 Å². The minimum Gasteiger partial charge on any atom is -0.321 e. The molecule has 1 atom stereocenters. The number of nitrogens with zero attached hydrogens (tertiary/aromatic N) is 1. The number of hydrogen-bond donors (Lipinski definition) is 3. The largest absolute Gasteiger partial charge is 0.321 e. The lowest BCUT2D eigenvalue weighted by molar-refractivity contribution is -0.116. The van der Waals surface area contributed by atoms with Gasteiger partial charge in [-0.05, 0) is 61.4 Å². The van der Waals surface area contributed by atoms with E-state index in [2.05, 4.69) is 20.9 Å². The molecule has 0 spiro atoms. The van der Waals surface area contributed by atoms with Crippen LogP contribution >= 0.6 is 34.7 Å². The van der Waals surface area contributed by atoms with Gasteiger partial charge in [0, 0.05) is 31.6 Å². The van der Waals surface area contributed by atoms with Crippen LogP contribution in [0.5, 0.6) is 0 Å². The van der Waals surface area contributed by atoms with Gasteiger partial charge in [-0.1, -0.05) is 91.3 Å². The molecule has 232 valence electrons. The average Bonchev–Trinajstić information content (AvgIpc) is 3.44. The molecule has 10 heteroatoms. The molecule has 5 rings (SSSR count). The highest BCUT2D eigenvalue weighted by molar-refractivity contribution is 8.00. The fourth-order valence-corrected chi connectivity index (χ4v) is 6.56. The number of carbonyl (C=O) groups is 3. The monoisotopic (exact) mass is 666 g/mol. The van der Waals surface area contributed by atoms with Crippen molar-refractivity contribution in [2.75, 3.05) is 10.6 Å². The molecule has 0 bridgehead atoms. The Labute approximate surface area is 281 Å². The van der Waals surface area contributed by atoms with Gasteiger partial charge in [0.25, 0.3) is 11.8 Å². The van der Waals surface area contributed by atoms with Crippen LogP contribution in [-0.4, -0.2) is 28.0 Å². The lowest BCUT2D eigenvalue weighted by Gasteiger charge is -2.15. The summed E-state index contributed by atoms with van der Waals surface area (Å²) < 4.78 is 0. The van der Waals surface area contributed by atoms with Crippen LogP contribution in [0, 0.1) is 6.92 Å². The Morgan fingerprint density at radius 1 is 0.891 bits per heavy atom. The SMILES string of the molecule is CCC(Sc1cccc(NC(=O)/C(=C\c2ccccc2Cl)NC(=O)c2ccccc2)c1)C(=O)Nc1nc(-c2ccccc2)c(C)s1. The van der Waals surface area contributed by atoms with Crippen molar-refractivity contribution in [1.29, 1.82) is 0 Å². The quantitative estimate of drug-likeness (QED) is 0.0967. The van der Waals surface area contributed by atoms with E-state index in [9.17, 15) is 14.4 Å². The molecule has 0 saturated carbocycles. The van der Waals surface area contributed by atoms with Crippen LogP contribution in [0.1, 0.15) is 34.1 Å². The van der Waals surface area contributed by atoms with Gasteiger partial charge in [0.2, 0.25) is 5.91 Å². The van der Waals surface area contributed by atoms with Crippen LogP contribution < -0.4 is 16.0 Å². The predicted octanol–water partition coefficient (Wildman–Crippen LogP) is 8.69. The summed E-state index contributed by atoms with van der Waals surface area (Å²) in [6, 6.07) is 32.8. The maximum absolute atomic E-state index is 13.5. The third kappa shape index (κ3) is 8.51. The summed E-state index contributed by atoms with van der Waals surface area (Å²) in [6.07, 6.45) is 2.12. The highest BCUT2D eigenvalue weighted by Gasteiger charge is 2.21. The Morgan fingerprint density at radius 2 is 1.59 bits per heavy atom. The van der Waals surface area contributed by atoms with E-state index in [1.54, 1.807) is 66.7 Å². The van der Waals surface area contributed by atoms with E-state index in [1.165, 1.54) is 29.2 Å². The molecule has 1 unspecified atom stereocenters. The van der Waals surface area contributed by atoms with Gasteiger partial charge in [-0.2, -0.15) is 0 Å². The Hall–Kier alpha value is -4.70. The first kappa shape index (κ1) is 32.7. The fraction of sp³-hybridized carbons (Fsp3) is 0.111. The second-order valence-electron chi connectivity index (χ2n) is 10.2. The van der Waals surface area contributed by atoms with Crippen LogP contribution in [0.4, 0.5) is 10.8 Å². The molecule has 1 heterocycles. The van der Waals surface area contributed by atoms with Crippen molar-refractivity contribution >= 4 is 69.3 Å². The second kappa shape index (κ2) is 15.5. The third-order valence-electron chi connectivity index (χ3n) is 6.84. The standard InChI is InChI=1S/C36H31ClN4O3S2/c1-3-31(35(44)41-36-40-32(23(2)45-36)24-13-6-4-7-14-24)46-28-19-12-18-27(22-28)38-34(43)30(21-26-17-10-11-20-29(26)37)39-33(42)25-15-8-5-9-16-25/h4-22,31H,3H2,1-2H3,(H,38,43)(H,39,42)(H,40,41,44)/b30-21+. The molecular weight excluding hydrogens is 636 g/mol. The summed E-state index contributed by atoms with van der Waals surface area (Å²) in [6.45, 7) is 3.94. The molecule has 1 aromatic heterocycles. The van der Waals surface area contributed by atoms with Crippen LogP contribution in [-0.2, 0) is 9.59 Å². The number of aryl methyl sites for hydroxylation is 1. The number of carbonyl (C=O) groups excluding carboxylic acids is 3.